The maximum atomic E-state index is 13.2. The molecule has 0 spiro atoms. The summed E-state index contributed by atoms with van der Waals surface area (Å²) in [4.78, 5) is 4.48. The van der Waals surface area contributed by atoms with Crippen molar-refractivity contribution in [3.8, 4) is 0 Å². The molecule has 1 unspecified atom stereocenters. The van der Waals surface area contributed by atoms with Crippen LogP contribution in [0.2, 0.25) is 0 Å². The number of benzene rings is 2. The van der Waals surface area contributed by atoms with E-state index in [0.29, 0.717) is 6.61 Å². The van der Waals surface area contributed by atoms with Gasteiger partial charge in [0.2, 0.25) is 0 Å². The molecule has 21 heavy (non-hydrogen) atoms. The van der Waals surface area contributed by atoms with E-state index >= 15 is 0 Å². The highest BCUT2D eigenvalue weighted by Crippen LogP contribution is 2.32. The first-order valence-corrected chi connectivity index (χ1v) is 7.63. The number of hydrogen-bond acceptors (Lipinski definition) is 4. The molecule has 1 aliphatic heterocycles. The van der Waals surface area contributed by atoms with E-state index in [2.05, 4.69) is 22.4 Å². The van der Waals surface area contributed by atoms with Crippen LogP contribution in [0.15, 0.2) is 42.5 Å². The normalized spacial score (nSPS) is 17.7. The molecule has 1 aromatic heterocycles. The second-order valence-electron chi connectivity index (χ2n) is 4.98. The summed E-state index contributed by atoms with van der Waals surface area (Å²) in [7, 11) is 0. The van der Waals surface area contributed by atoms with Gasteiger partial charge in [-0.25, -0.2) is 9.37 Å². The van der Waals surface area contributed by atoms with E-state index < -0.39 is 0 Å². The molecule has 2 heterocycles. The smallest absolute Gasteiger partial charge is 0.186 e. The molecular weight excluding hydrogens is 287 g/mol. The highest BCUT2D eigenvalue weighted by molar-refractivity contribution is 7.22. The van der Waals surface area contributed by atoms with Gasteiger partial charge in [0, 0.05) is 5.56 Å². The van der Waals surface area contributed by atoms with Crippen molar-refractivity contribution < 1.29 is 9.13 Å². The molecule has 0 bridgehead atoms. The van der Waals surface area contributed by atoms with Crippen molar-refractivity contribution >= 4 is 26.7 Å². The summed E-state index contributed by atoms with van der Waals surface area (Å²) in [5.41, 5.74) is 3.25. The van der Waals surface area contributed by atoms with Crippen LogP contribution in [-0.2, 0) is 11.2 Å². The number of anilines is 1. The topological polar surface area (TPSA) is 34.2 Å². The number of halogens is 1. The van der Waals surface area contributed by atoms with Crippen LogP contribution in [0.3, 0.4) is 0 Å². The minimum atomic E-state index is -0.239. The Morgan fingerprint density at radius 2 is 2.14 bits per heavy atom. The molecule has 0 radical (unpaired) electrons. The van der Waals surface area contributed by atoms with E-state index in [1.165, 1.54) is 29.0 Å². The highest BCUT2D eigenvalue weighted by Gasteiger charge is 2.21. The number of hydrogen-bond donors (Lipinski definition) is 1. The van der Waals surface area contributed by atoms with Crippen molar-refractivity contribution in [3.63, 3.8) is 0 Å². The fraction of sp³-hybridized carbons (Fsp3) is 0.188. The van der Waals surface area contributed by atoms with Crippen molar-refractivity contribution in [2.75, 3.05) is 11.9 Å². The molecule has 0 saturated carbocycles. The van der Waals surface area contributed by atoms with Crippen LogP contribution >= 0.6 is 11.3 Å². The van der Waals surface area contributed by atoms with E-state index in [1.807, 2.05) is 12.1 Å². The Bertz CT molecular complexity index is 802. The Hall–Kier alpha value is -1.98. The Kier molecular flexibility index (Phi) is 3.09. The average Bonchev–Trinajstić information content (AvgIpc) is 2.89. The van der Waals surface area contributed by atoms with Crippen LogP contribution in [0.1, 0.15) is 17.4 Å². The Morgan fingerprint density at radius 1 is 1.24 bits per heavy atom. The minimum absolute atomic E-state index is 0.194. The van der Waals surface area contributed by atoms with Crippen LogP contribution < -0.4 is 5.32 Å². The van der Waals surface area contributed by atoms with Crippen molar-refractivity contribution in [1.82, 2.24) is 4.98 Å². The molecule has 2 aromatic carbocycles. The SMILES string of the molecule is Fc1ccc2nc(NC3OCCc4ccccc43)sc2c1. The Balaban J connectivity index is 1.66. The summed E-state index contributed by atoms with van der Waals surface area (Å²) >= 11 is 1.44. The standard InChI is InChI=1S/C16H13FN2OS/c17-11-5-6-13-14(9-11)21-16(18-13)19-15-12-4-2-1-3-10(12)7-8-20-15/h1-6,9,15H,7-8H2,(H,18,19). The highest BCUT2D eigenvalue weighted by atomic mass is 32.1. The van der Waals surface area contributed by atoms with E-state index in [9.17, 15) is 4.39 Å². The van der Waals surface area contributed by atoms with Gasteiger partial charge in [0.05, 0.1) is 16.8 Å². The zero-order valence-electron chi connectivity index (χ0n) is 11.2. The molecule has 1 N–H and O–H groups in total. The molecule has 3 aromatic rings. The summed E-state index contributed by atoms with van der Waals surface area (Å²) in [6.07, 6.45) is 0.736. The van der Waals surface area contributed by atoms with Crippen LogP contribution in [0.4, 0.5) is 9.52 Å². The van der Waals surface area contributed by atoms with Gasteiger partial charge in [0.15, 0.2) is 11.4 Å². The third kappa shape index (κ3) is 2.39. The molecule has 1 atom stereocenters. The molecule has 0 aliphatic carbocycles. The second-order valence-corrected chi connectivity index (χ2v) is 6.01. The minimum Gasteiger partial charge on any atom is -0.354 e. The van der Waals surface area contributed by atoms with Crippen molar-refractivity contribution in [2.45, 2.75) is 12.6 Å². The number of thiazole rings is 1. The monoisotopic (exact) mass is 300 g/mol. The van der Waals surface area contributed by atoms with Gasteiger partial charge in [-0.15, -0.1) is 0 Å². The summed E-state index contributed by atoms with van der Waals surface area (Å²) in [6.45, 7) is 0.689. The van der Waals surface area contributed by atoms with Crippen LogP contribution in [0.5, 0.6) is 0 Å². The molecule has 106 valence electrons. The number of nitrogens with zero attached hydrogens (tertiary/aromatic N) is 1. The first-order valence-electron chi connectivity index (χ1n) is 6.82. The molecule has 0 saturated heterocycles. The lowest BCUT2D eigenvalue weighted by Crippen LogP contribution is -2.22. The number of aromatic nitrogens is 1. The first kappa shape index (κ1) is 12.7. The zero-order valence-corrected chi connectivity index (χ0v) is 12.0. The quantitative estimate of drug-likeness (QED) is 0.773. The molecular formula is C16H13FN2OS. The summed E-state index contributed by atoms with van der Waals surface area (Å²) in [5, 5.41) is 4.06. The van der Waals surface area contributed by atoms with Crippen molar-refractivity contribution in [1.29, 1.82) is 0 Å². The van der Waals surface area contributed by atoms with Gasteiger partial charge in [0.1, 0.15) is 5.82 Å². The molecule has 0 fully saturated rings. The fourth-order valence-corrected chi connectivity index (χ4v) is 3.49. The number of rotatable bonds is 2. The maximum Gasteiger partial charge on any atom is 0.186 e. The Labute approximate surface area is 125 Å². The van der Waals surface area contributed by atoms with E-state index in [1.54, 1.807) is 6.07 Å². The number of fused-ring (bicyclic) bond motifs is 2. The van der Waals surface area contributed by atoms with E-state index in [-0.39, 0.29) is 12.0 Å². The van der Waals surface area contributed by atoms with E-state index in [4.69, 9.17) is 4.74 Å². The Morgan fingerprint density at radius 3 is 3.10 bits per heavy atom. The lowest BCUT2D eigenvalue weighted by atomic mass is 10.0. The lowest BCUT2D eigenvalue weighted by Gasteiger charge is -2.26. The predicted molar refractivity (Wildman–Crippen MR) is 82.0 cm³/mol. The summed E-state index contributed by atoms with van der Waals surface area (Å²) in [6, 6.07) is 12.9. The van der Waals surface area contributed by atoms with Gasteiger partial charge in [0.25, 0.3) is 0 Å². The first-order chi connectivity index (χ1) is 10.3. The number of ether oxygens (including phenoxy) is 1. The summed E-state index contributed by atoms with van der Waals surface area (Å²) in [5.74, 6) is -0.239. The largest absolute Gasteiger partial charge is 0.354 e. The molecule has 1 aliphatic rings. The zero-order chi connectivity index (χ0) is 14.2. The molecule has 5 heteroatoms. The lowest BCUT2D eigenvalue weighted by molar-refractivity contribution is 0.0618. The van der Waals surface area contributed by atoms with Crippen LogP contribution in [0.25, 0.3) is 10.2 Å². The van der Waals surface area contributed by atoms with Gasteiger partial charge in [-0.05, 0) is 30.2 Å². The van der Waals surface area contributed by atoms with Crippen LogP contribution in [-0.4, -0.2) is 11.6 Å². The number of nitrogens with one attached hydrogen (secondary N) is 1. The van der Waals surface area contributed by atoms with Gasteiger partial charge in [-0.3, -0.25) is 0 Å². The average molecular weight is 300 g/mol. The van der Waals surface area contributed by atoms with E-state index in [0.717, 1.165) is 27.3 Å². The van der Waals surface area contributed by atoms with Gasteiger partial charge >= 0.3 is 0 Å². The second kappa shape index (κ2) is 5.09. The fourth-order valence-electron chi connectivity index (χ4n) is 2.59. The van der Waals surface area contributed by atoms with Gasteiger partial charge < -0.3 is 10.1 Å². The summed E-state index contributed by atoms with van der Waals surface area (Å²) < 4.78 is 19.9. The maximum absolute atomic E-state index is 13.2. The van der Waals surface area contributed by atoms with Crippen LogP contribution in [0, 0.1) is 5.82 Å². The predicted octanol–water partition coefficient (Wildman–Crippen LogP) is 4.12. The third-order valence-electron chi connectivity index (χ3n) is 3.60. The van der Waals surface area contributed by atoms with Crippen molar-refractivity contribution in [2.24, 2.45) is 0 Å². The molecule has 0 amide bonds. The van der Waals surface area contributed by atoms with Crippen molar-refractivity contribution in [3.05, 3.63) is 59.4 Å². The van der Waals surface area contributed by atoms with Gasteiger partial charge in [-0.1, -0.05) is 35.6 Å². The third-order valence-corrected chi connectivity index (χ3v) is 4.55. The van der Waals surface area contributed by atoms with Gasteiger partial charge in [-0.2, -0.15) is 0 Å². The molecule has 3 nitrogen and oxygen atoms in total. The molecule has 4 rings (SSSR count).